The molecule has 7 nitrogen and oxygen atoms in total. The fraction of sp³-hybridized carbons (Fsp3) is 0.538. The van der Waals surface area contributed by atoms with E-state index in [1.165, 1.54) is 6.33 Å². The van der Waals surface area contributed by atoms with E-state index in [2.05, 4.69) is 9.97 Å². The number of hydrogen-bond donors (Lipinski definition) is 3. The number of aliphatic hydroxyl groups excluding tert-OH is 2. The Hall–Kier alpha value is -1.70. The monoisotopic (exact) mass is 278 g/mol. The predicted molar refractivity (Wildman–Crippen MR) is 72.7 cm³/mol. The third-order valence-corrected chi connectivity index (χ3v) is 4.21. The summed E-state index contributed by atoms with van der Waals surface area (Å²) in [6, 6.07) is 1.84. The molecule has 7 heteroatoms. The molecule has 2 atom stereocenters. The van der Waals surface area contributed by atoms with Gasteiger partial charge in [-0.15, -0.1) is 0 Å². The van der Waals surface area contributed by atoms with Gasteiger partial charge in [0.1, 0.15) is 29.6 Å². The lowest BCUT2D eigenvalue weighted by Crippen LogP contribution is -2.42. The molecule has 0 radical (unpaired) electrons. The van der Waals surface area contributed by atoms with Crippen molar-refractivity contribution in [2.75, 3.05) is 18.9 Å². The van der Waals surface area contributed by atoms with E-state index in [9.17, 15) is 10.2 Å². The van der Waals surface area contributed by atoms with Crippen molar-refractivity contribution in [2.45, 2.75) is 25.2 Å². The normalized spacial score (nSPS) is 25.4. The fourth-order valence-electron chi connectivity index (χ4n) is 2.78. The molecule has 0 aliphatic carbocycles. The summed E-state index contributed by atoms with van der Waals surface area (Å²) in [6.07, 6.45) is 3.67. The van der Waals surface area contributed by atoms with Crippen molar-refractivity contribution in [3.05, 3.63) is 18.6 Å². The Morgan fingerprint density at radius 1 is 1.45 bits per heavy atom. The molecule has 1 aliphatic rings. The zero-order valence-corrected chi connectivity index (χ0v) is 11.2. The van der Waals surface area contributed by atoms with Crippen LogP contribution in [-0.4, -0.2) is 43.6 Å². The maximum Gasteiger partial charge on any atom is 0.147 e. The highest BCUT2D eigenvalue weighted by molar-refractivity contribution is 5.86. The molecule has 0 bridgehead atoms. The SMILES string of the molecule is C[C@H]1C[C@H](n2ccc3c(N)ncnc32)OC1(CO)CO. The Labute approximate surface area is 116 Å². The molecule has 0 spiro atoms. The van der Waals surface area contributed by atoms with Gasteiger partial charge in [-0.2, -0.15) is 0 Å². The molecule has 0 aromatic carbocycles. The third-order valence-electron chi connectivity index (χ3n) is 4.21. The van der Waals surface area contributed by atoms with Gasteiger partial charge in [0.25, 0.3) is 0 Å². The van der Waals surface area contributed by atoms with Crippen LogP contribution in [0.3, 0.4) is 0 Å². The van der Waals surface area contributed by atoms with E-state index < -0.39 is 5.60 Å². The number of aromatic nitrogens is 3. The number of rotatable bonds is 3. The molecule has 108 valence electrons. The van der Waals surface area contributed by atoms with Crippen LogP contribution >= 0.6 is 0 Å². The smallest absolute Gasteiger partial charge is 0.147 e. The first-order valence-corrected chi connectivity index (χ1v) is 6.58. The van der Waals surface area contributed by atoms with Gasteiger partial charge in [-0.25, -0.2) is 9.97 Å². The first kappa shape index (κ1) is 13.3. The van der Waals surface area contributed by atoms with E-state index in [-0.39, 0.29) is 25.4 Å². The van der Waals surface area contributed by atoms with E-state index >= 15 is 0 Å². The van der Waals surface area contributed by atoms with Crippen LogP contribution in [0.4, 0.5) is 5.82 Å². The van der Waals surface area contributed by atoms with Crippen LogP contribution in [-0.2, 0) is 4.74 Å². The van der Waals surface area contributed by atoms with Crippen LogP contribution in [0.1, 0.15) is 19.6 Å². The number of hydrogen-bond acceptors (Lipinski definition) is 6. The minimum absolute atomic E-state index is 0.0409. The minimum Gasteiger partial charge on any atom is -0.393 e. The van der Waals surface area contributed by atoms with Crippen molar-refractivity contribution >= 4 is 16.9 Å². The summed E-state index contributed by atoms with van der Waals surface area (Å²) >= 11 is 0. The molecule has 4 N–H and O–H groups in total. The maximum absolute atomic E-state index is 9.52. The Morgan fingerprint density at radius 3 is 2.85 bits per heavy atom. The molecule has 1 fully saturated rings. The van der Waals surface area contributed by atoms with Crippen LogP contribution in [0.15, 0.2) is 18.6 Å². The van der Waals surface area contributed by atoms with Crippen LogP contribution in [0.5, 0.6) is 0 Å². The lowest BCUT2D eigenvalue weighted by molar-refractivity contribution is -0.132. The van der Waals surface area contributed by atoms with Crippen molar-refractivity contribution < 1.29 is 14.9 Å². The number of nitrogens with zero attached hydrogens (tertiary/aromatic N) is 3. The Morgan fingerprint density at radius 2 is 2.20 bits per heavy atom. The molecule has 1 aliphatic heterocycles. The van der Waals surface area contributed by atoms with Gasteiger partial charge in [-0.1, -0.05) is 6.92 Å². The van der Waals surface area contributed by atoms with Crippen LogP contribution in [0, 0.1) is 5.92 Å². The Balaban J connectivity index is 1.99. The van der Waals surface area contributed by atoms with Gasteiger partial charge in [0.15, 0.2) is 0 Å². The van der Waals surface area contributed by atoms with E-state index in [4.69, 9.17) is 10.5 Å². The van der Waals surface area contributed by atoms with Gasteiger partial charge >= 0.3 is 0 Å². The van der Waals surface area contributed by atoms with E-state index in [1.807, 2.05) is 23.8 Å². The van der Waals surface area contributed by atoms with E-state index in [0.29, 0.717) is 17.9 Å². The molecule has 0 saturated carbocycles. The third kappa shape index (κ3) is 1.78. The predicted octanol–water partition coefficient (Wildman–Crippen LogP) is 0.292. The molecule has 0 amide bonds. The second-order valence-corrected chi connectivity index (χ2v) is 5.31. The topological polar surface area (TPSA) is 106 Å². The highest BCUT2D eigenvalue weighted by Crippen LogP contribution is 2.41. The average molecular weight is 278 g/mol. The zero-order valence-electron chi connectivity index (χ0n) is 11.2. The quantitative estimate of drug-likeness (QED) is 0.745. The number of nitrogen functional groups attached to an aromatic ring is 1. The molecule has 20 heavy (non-hydrogen) atoms. The van der Waals surface area contributed by atoms with E-state index in [1.54, 1.807) is 0 Å². The van der Waals surface area contributed by atoms with Crippen LogP contribution in [0.2, 0.25) is 0 Å². The summed E-state index contributed by atoms with van der Waals surface area (Å²) in [5, 5.41) is 19.8. The van der Waals surface area contributed by atoms with Gasteiger partial charge in [-0.05, 0) is 18.4 Å². The summed E-state index contributed by atoms with van der Waals surface area (Å²) in [4.78, 5) is 8.19. The maximum atomic E-state index is 9.52. The zero-order chi connectivity index (χ0) is 14.3. The van der Waals surface area contributed by atoms with Crippen molar-refractivity contribution in [3.8, 4) is 0 Å². The molecular formula is C13H18N4O3. The summed E-state index contributed by atoms with van der Waals surface area (Å²) < 4.78 is 7.79. The van der Waals surface area contributed by atoms with Crippen LogP contribution in [0.25, 0.3) is 11.0 Å². The summed E-state index contributed by atoms with van der Waals surface area (Å²) in [7, 11) is 0. The number of anilines is 1. The lowest BCUT2D eigenvalue weighted by Gasteiger charge is -2.28. The Bertz CT molecular complexity index is 623. The first-order chi connectivity index (χ1) is 9.61. The van der Waals surface area contributed by atoms with Gasteiger partial charge in [0.2, 0.25) is 0 Å². The lowest BCUT2D eigenvalue weighted by atomic mass is 9.90. The van der Waals surface area contributed by atoms with E-state index in [0.717, 1.165) is 5.39 Å². The van der Waals surface area contributed by atoms with Gasteiger partial charge in [0, 0.05) is 6.20 Å². The summed E-state index contributed by atoms with van der Waals surface area (Å²) in [6.45, 7) is 1.54. The second-order valence-electron chi connectivity index (χ2n) is 5.31. The summed E-state index contributed by atoms with van der Waals surface area (Å²) in [5.41, 5.74) is 5.61. The molecule has 2 aromatic rings. The highest BCUT2D eigenvalue weighted by atomic mass is 16.6. The second kappa shape index (κ2) is 4.69. The standard InChI is InChI=1S/C13H18N4O3/c1-8-4-10(20-13(8,5-18)6-19)17-3-2-9-11(14)15-7-16-12(9)17/h2-3,7-8,10,18-19H,4-6H2,1H3,(H2,14,15,16)/t8-,10+/m0/s1. The molecule has 2 aromatic heterocycles. The number of nitrogens with two attached hydrogens (primary N) is 1. The molecule has 3 heterocycles. The van der Waals surface area contributed by atoms with Gasteiger partial charge in [-0.3, -0.25) is 0 Å². The Kier molecular flexibility index (Phi) is 3.12. The van der Waals surface area contributed by atoms with Gasteiger partial charge < -0.3 is 25.3 Å². The van der Waals surface area contributed by atoms with Crippen molar-refractivity contribution in [3.63, 3.8) is 0 Å². The van der Waals surface area contributed by atoms with Crippen molar-refractivity contribution in [1.29, 1.82) is 0 Å². The van der Waals surface area contributed by atoms with Crippen molar-refractivity contribution in [1.82, 2.24) is 14.5 Å². The first-order valence-electron chi connectivity index (χ1n) is 6.58. The number of aliphatic hydroxyl groups is 2. The number of ether oxygens (including phenoxy) is 1. The molecular weight excluding hydrogens is 260 g/mol. The van der Waals surface area contributed by atoms with Crippen molar-refractivity contribution in [2.24, 2.45) is 5.92 Å². The molecule has 1 saturated heterocycles. The summed E-state index contributed by atoms with van der Waals surface area (Å²) in [5.74, 6) is 0.467. The number of fused-ring (bicyclic) bond motifs is 1. The molecule has 0 unspecified atom stereocenters. The van der Waals surface area contributed by atoms with Gasteiger partial charge in [0.05, 0.1) is 18.6 Å². The minimum atomic E-state index is -0.903. The largest absolute Gasteiger partial charge is 0.393 e. The fourth-order valence-corrected chi connectivity index (χ4v) is 2.78. The van der Waals surface area contributed by atoms with Crippen LogP contribution < -0.4 is 5.73 Å². The highest BCUT2D eigenvalue weighted by Gasteiger charge is 2.46. The molecule has 3 rings (SSSR count). The average Bonchev–Trinajstić information content (AvgIpc) is 3.01.